The molecule has 0 aromatic carbocycles. The van der Waals surface area contributed by atoms with Crippen molar-refractivity contribution in [1.82, 2.24) is 0 Å². The number of carbonyl (C=O) groups excluding carboxylic acids is 1. The first-order valence-corrected chi connectivity index (χ1v) is 5.78. The lowest BCUT2D eigenvalue weighted by Gasteiger charge is -2.11. The highest BCUT2D eigenvalue weighted by Crippen LogP contribution is 2.12. The van der Waals surface area contributed by atoms with Gasteiger partial charge >= 0.3 is 0 Å². The fraction of sp³-hybridized carbons (Fsp3) is 0.923. The number of carbonyl (C=O) groups is 1. The van der Waals surface area contributed by atoms with E-state index in [2.05, 4.69) is 27.7 Å². The molecule has 0 aromatic heterocycles. The third kappa shape index (κ3) is 29.9. The fourth-order valence-corrected chi connectivity index (χ4v) is 0. The smallest absolute Gasteiger partial charge is 0.135 e. The summed E-state index contributed by atoms with van der Waals surface area (Å²) in [6.45, 7) is 16.0. The number of unbranched alkanes of at least 4 members (excludes halogenated alkanes) is 1. The molecule has 0 aromatic rings. The Balaban J connectivity index is -0.000000147. The van der Waals surface area contributed by atoms with Gasteiger partial charge in [0, 0.05) is 5.41 Å². The zero-order valence-corrected chi connectivity index (χ0v) is 11.5. The van der Waals surface area contributed by atoms with E-state index in [1.807, 2.05) is 20.8 Å². The van der Waals surface area contributed by atoms with Crippen molar-refractivity contribution in [3.8, 4) is 0 Å². The Morgan fingerprint density at radius 1 is 0.929 bits per heavy atom. The van der Waals surface area contributed by atoms with Crippen LogP contribution in [0, 0.1) is 5.41 Å². The van der Waals surface area contributed by atoms with Gasteiger partial charge in [0.25, 0.3) is 0 Å². The van der Waals surface area contributed by atoms with Gasteiger partial charge in [-0.05, 0) is 6.92 Å². The Bertz CT molecular complexity index is 107. The van der Waals surface area contributed by atoms with E-state index >= 15 is 0 Å². The summed E-state index contributed by atoms with van der Waals surface area (Å²) in [4.78, 5) is 10.5. The standard InChI is InChI=1S/C6H12O.C4H10.C3H8/c1-5(7)6(2,3)4;1-3-4-2;1-3-2/h1-4H3;3-4H2,1-2H3;3H2,1-2H3. The Morgan fingerprint density at radius 2 is 1.07 bits per heavy atom. The molecule has 0 N–H and O–H groups in total. The van der Waals surface area contributed by atoms with Crippen molar-refractivity contribution in [1.29, 1.82) is 0 Å². The number of hydrogen-bond acceptors (Lipinski definition) is 1. The van der Waals surface area contributed by atoms with Crippen LogP contribution in [0.3, 0.4) is 0 Å². The molecule has 0 aliphatic rings. The molecule has 1 heteroatoms. The Labute approximate surface area is 91.3 Å². The first-order chi connectivity index (χ1) is 6.27. The predicted molar refractivity (Wildman–Crippen MR) is 66.7 cm³/mol. The molecule has 0 radical (unpaired) electrons. The van der Waals surface area contributed by atoms with Crippen LogP contribution in [-0.2, 0) is 4.79 Å². The van der Waals surface area contributed by atoms with Crippen LogP contribution in [0.4, 0.5) is 0 Å². The van der Waals surface area contributed by atoms with Crippen LogP contribution in [0.15, 0.2) is 0 Å². The molecule has 0 amide bonds. The van der Waals surface area contributed by atoms with E-state index in [4.69, 9.17) is 0 Å². The molecule has 0 rings (SSSR count). The zero-order valence-electron chi connectivity index (χ0n) is 11.5. The van der Waals surface area contributed by atoms with Gasteiger partial charge in [0.2, 0.25) is 0 Å². The van der Waals surface area contributed by atoms with Gasteiger partial charge in [0.05, 0.1) is 0 Å². The van der Waals surface area contributed by atoms with E-state index in [0.717, 1.165) is 0 Å². The maximum Gasteiger partial charge on any atom is 0.135 e. The highest BCUT2D eigenvalue weighted by molar-refractivity contribution is 5.80. The maximum absolute atomic E-state index is 10.5. The van der Waals surface area contributed by atoms with Crippen molar-refractivity contribution in [3.05, 3.63) is 0 Å². The number of hydrogen-bond donors (Lipinski definition) is 0. The largest absolute Gasteiger partial charge is 0.299 e. The quantitative estimate of drug-likeness (QED) is 0.594. The SMILES string of the molecule is CC(=O)C(C)(C)C.CCC.CCCC. The summed E-state index contributed by atoms with van der Waals surface area (Å²) in [5, 5.41) is 0. The third-order valence-electron chi connectivity index (χ3n) is 1.56. The second-order valence-corrected chi connectivity index (χ2v) is 4.51. The van der Waals surface area contributed by atoms with Crippen LogP contribution in [0.5, 0.6) is 0 Å². The molecule has 0 aliphatic carbocycles. The van der Waals surface area contributed by atoms with Crippen LogP contribution < -0.4 is 0 Å². The lowest BCUT2D eigenvalue weighted by atomic mass is 9.92. The second-order valence-electron chi connectivity index (χ2n) is 4.51. The molecule has 0 bridgehead atoms. The average Bonchev–Trinajstić information content (AvgIpc) is 2.04. The molecule has 88 valence electrons. The lowest BCUT2D eigenvalue weighted by molar-refractivity contribution is -0.124. The first-order valence-electron chi connectivity index (χ1n) is 5.78. The minimum absolute atomic E-state index is 0.139. The number of ketones is 1. The van der Waals surface area contributed by atoms with E-state index in [1.54, 1.807) is 6.92 Å². The molecule has 0 saturated heterocycles. The zero-order chi connectivity index (χ0) is 12.2. The van der Waals surface area contributed by atoms with E-state index in [0.29, 0.717) is 0 Å². The van der Waals surface area contributed by atoms with Gasteiger partial charge in [-0.2, -0.15) is 0 Å². The highest BCUT2D eigenvalue weighted by Gasteiger charge is 2.14. The van der Waals surface area contributed by atoms with Crippen molar-refractivity contribution < 1.29 is 4.79 Å². The van der Waals surface area contributed by atoms with Crippen molar-refractivity contribution in [3.63, 3.8) is 0 Å². The molecule has 0 spiro atoms. The summed E-state index contributed by atoms with van der Waals surface area (Å²) < 4.78 is 0. The van der Waals surface area contributed by atoms with Crippen molar-refractivity contribution in [2.75, 3.05) is 0 Å². The summed E-state index contributed by atoms with van der Waals surface area (Å²) in [7, 11) is 0. The molecule has 14 heavy (non-hydrogen) atoms. The molecule has 0 fully saturated rings. The first kappa shape index (κ1) is 19.3. The fourth-order valence-electron chi connectivity index (χ4n) is 0. The molecular weight excluding hydrogens is 172 g/mol. The Morgan fingerprint density at radius 3 is 1.07 bits per heavy atom. The molecule has 1 nitrogen and oxygen atoms in total. The normalized spacial score (nSPS) is 9.14. The van der Waals surface area contributed by atoms with Gasteiger partial charge < -0.3 is 0 Å². The molecule has 0 aliphatic heterocycles. The van der Waals surface area contributed by atoms with Gasteiger partial charge in [0.15, 0.2) is 0 Å². The minimum atomic E-state index is -0.139. The summed E-state index contributed by atoms with van der Waals surface area (Å²) in [5.41, 5.74) is -0.139. The van der Waals surface area contributed by atoms with E-state index < -0.39 is 0 Å². The van der Waals surface area contributed by atoms with Crippen molar-refractivity contribution >= 4 is 5.78 Å². The summed E-state index contributed by atoms with van der Waals surface area (Å²) >= 11 is 0. The molecule has 0 unspecified atom stereocenters. The minimum Gasteiger partial charge on any atom is -0.299 e. The Hall–Kier alpha value is -0.330. The van der Waals surface area contributed by atoms with Crippen LogP contribution >= 0.6 is 0 Å². The molecular formula is C13H30O. The van der Waals surface area contributed by atoms with Crippen molar-refractivity contribution in [2.45, 2.75) is 74.7 Å². The van der Waals surface area contributed by atoms with Gasteiger partial charge in [-0.15, -0.1) is 0 Å². The van der Waals surface area contributed by atoms with Gasteiger partial charge in [0.1, 0.15) is 5.78 Å². The molecule has 0 heterocycles. The van der Waals surface area contributed by atoms with Crippen LogP contribution in [0.2, 0.25) is 0 Å². The van der Waals surface area contributed by atoms with Gasteiger partial charge in [-0.25, -0.2) is 0 Å². The average molecular weight is 202 g/mol. The van der Waals surface area contributed by atoms with E-state index in [-0.39, 0.29) is 11.2 Å². The highest BCUT2D eigenvalue weighted by atomic mass is 16.1. The predicted octanol–water partition coefficient (Wildman–Crippen LogP) is 4.84. The topological polar surface area (TPSA) is 17.1 Å². The van der Waals surface area contributed by atoms with Crippen LogP contribution in [0.1, 0.15) is 74.7 Å². The Kier molecular flexibility index (Phi) is 17.4. The van der Waals surface area contributed by atoms with Crippen LogP contribution in [0.25, 0.3) is 0 Å². The number of rotatable bonds is 1. The van der Waals surface area contributed by atoms with E-state index in [1.165, 1.54) is 19.3 Å². The molecule has 0 atom stereocenters. The van der Waals surface area contributed by atoms with Crippen molar-refractivity contribution in [2.24, 2.45) is 5.41 Å². The summed E-state index contributed by atoms with van der Waals surface area (Å²) in [6, 6.07) is 0. The lowest BCUT2D eigenvalue weighted by Crippen LogP contribution is -2.15. The monoisotopic (exact) mass is 202 g/mol. The summed E-state index contributed by atoms with van der Waals surface area (Å²) in [5.74, 6) is 0.243. The van der Waals surface area contributed by atoms with Gasteiger partial charge in [-0.1, -0.05) is 67.7 Å². The second kappa shape index (κ2) is 12.7. The van der Waals surface area contributed by atoms with E-state index in [9.17, 15) is 4.79 Å². The van der Waals surface area contributed by atoms with Crippen LogP contribution in [-0.4, -0.2) is 5.78 Å². The third-order valence-corrected chi connectivity index (χ3v) is 1.56. The number of Topliss-reactive ketones (excluding diaryl/α,β-unsaturated/α-hetero) is 1. The maximum atomic E-state index is 10.5. The van der Waals surface area contributed by atoms with Gasteiger partial charge in [-0.3, -0.25) is 4.79 Å². The summed E-state index contributed by atoms with van der Waals surface area (Å²) in [6.07, 6.45) is 3.89. The molecule has 0 saturated carbocycles.